The van der Waals surface area contributed by atoms with E-state index in [0.717, 1.165) is 65.5 Å². The number of carboxylic acids is 2. The number of aromatic nitrogens is 3. The molecule has 1 saturated heterocycles. The van der Waals surface area contributed by atoms with Crippen molar-refractivity contribution >= 4 is 58.3 Å². The number of nitrogens with one attached hydrogen (secondary N) is 2. The topological polar surface area (TPSA) is 231 Å². The Morgan fingerprint density at radius 2 is 1.78 bits per heavy atom. The van der Waals surface area contributed by atoms with Gasteiger partial charge in [0.25, 0.3) is 0 Å². The fraction of sp³-hybridized carbons (Fsp3) is 0.529. The molecule has 1 aromatic carbocycles. The number of rotatable bonds is 20. The Kier molecular flexibility index (Phi) is 14.7. The summed E-state index contributed by atoms with van der Waals surface area (Å²) in [6, 6.07) is 6.88. The number of fused-ring (bicyclic) bond motifs is 1. The highest BCUT2D eigenvalue weighted by Crippen LogP contribution is 2.27. The van der Waals surface area contributed by atoms with Gasteiger partial charge in [0, 0.05) is 76.2 Å². The number of hydrogen-bond acceptors (Lipinski definition) is 12. The number of benzene rings is 1. The number of methoxy groups -OCH3 is 1. The second-order valence-corrected chi connectivity index (χ2v) is 13.7. The van der Waals surface area contributed by atoms with Crippen LogP contribution in [-0.2, 0) is 32.3 Å². The molecular weight excluding hydrogens is 678 g/mol. The summed E-state index contributed by atoms with van der Waals surface area (Å²) < 4.78 is 7.83. The Balaban J connectivity index is 1.27. The fourth-order valence-electron chi connectivity index (χ4n) is 5.83. The van der Waals surface area contributed by atoms with Gasteiger partial charge in [0.15, 0.2) is 5.82 Å². The number of ether oxygens (including phenoxy) is 1. The van der Waals surface area contributed by atoms with Gasteiger partial charge in [0.05, 0.1) is 19.2 Å². The normalized spacial score (nSPS) is 14.6. The van der Waals surface area contributed by atoms with Gasteiger partial charge < -0.3 is 46.5 Å². The van der Waals surface area contributed by atoms with Crippen LogP contribution in [0.4, 0.5) is 11.8 Å². The van der Waals surface area contributed by atoms with Crippen molar-refractivity contribution in [3.8, 4) is 5.75 Å². The molecule has 2 amide bonds. The number of carbonyl (C=O) groups is 4. The Morgan fingerprint density at radius 1 is 1.02 bits per heavy atom. The maximum atomic E-state index is 12.9. The SMILES string of the molecule is CCCCCNc1nc(N)nc2ccn(Cc3cc(CN4CCN(C(=O)CCNC(=O)CC(SC[C@H](N)C(=O)O)C(=O)O)CC4)ccc3OC)c12. The minimum Gasteiger partial charge on any atom is -0.496 e. The van der Waals surface area contributed by atoms with Crippen LogP contribution in [-0.4, -0.2) is 122 Å². The van der Waals surface area contributed by atoms with Gasteiger partial charge in [-0.25, -0.2) is 4.98 Å². The average Bonchev–Trinajstić information content (AvgIpc) is 3.50. The number of nitrogens with two attached hydrogens (primary N) is 2. The highest BCUT2D eigenvalue weighted by Gasteiger charge is 2.25. The number of piperazine rings is 1. The van der Waals surface area contributed by atoms with Gasteiger partial charge in [-0.05, 0) is 30.2 Å². The first-order valence-corrected chi connectivity index (χ1v) is 18.2. The molecule has 0 bridgehead atoms. The first-order chi connectivity index (χ1) is 24.5. The predicted molar refractivity (Wildman–Crippen MR) is 196 cm³/mol. The van der Waals surface area contributed by atoms with E-state index < -0.39 is 29.1 Å². The highest BCUT2D eigenvalue weighted by atomic mass is 32.2. The molecule has 1 aliphatic heterocycles. The molecule has 16 nitrogen and oxygen atoms in total. The predicted octanol–water partition coefficient (Wildman–Crippen LogP) is 1.81. The maximum absolute atomic E-state index is 12.9. The zero-order valence-electron chi connectivity index (χ0n) is 29.2. The van der Waals surface area contributed by atoms with Crippen molar-refractivity contribution in [2.45, 2.75) is 63.4 Å². The van der Waals surface area contributed by atoms with Crippen molar-refractivity contribution in [3.63, 3.8) is 0 Å². The van der Waals surface area contributed by atoms with E-state index in [-0.39, 0.29) is 37.0 Å². The van der Waals surface area contributed by atoms with Crippen LogP contribution < -0.4 is 26.8 Å². The number of carboxylic acid groups (broad SMARTS) is 2. The van der Waals surface area contributed by atoms with Crippen LogP contribution in [0, 0.1) is 0 Å². The monoisotopic (exact) mass is 727 g/mol. The van der Waals surface area contributed by atoms with E-state index in [2.05, 4.69) is 49.1 Å². The van der Waals surface area contributed by atoms with Gasteiger partial charge in [-0.2, -0.15) is 4.98 Å². The minimum atomic E-state index is -1.24. The Bertz CT molecular complexity index is 1660. The number of hydrogen-bond donors (Lipinski definition) is 6. The first kappa shape index (κ1) is 39.2. The number of thioether (sulfide) groups is 1. The number of unbranched alkanes of at least 4 members (excludes halogenated alkanes) is 2. The average molecular weight is 728 g/mol. The number of nitrogen functional groups attached to an aromatic ring is 1. The summed E-state index contributed by atoms with van der Waals surface area (Å²) in [7, 11) is 1.66. The smallest absolute Gasteiger partial charge is 0.321 e. The molecule has 4 rings (SSSR count). The van der Waals surface area contributed by atoms with Gasteiger partial charge in [0.1, 0.15) is 22.6 Å². The number of amides is 2. The Labute approximate surface area is 301 Å². The molecule has 0 spiro atoms. The third-order valence-corrected chi connectivity index (χ3v) is 9.94. The molecule has 8 N–H and O–H groups in total. The summed E-state index contributed by atoms with van der Waals surface area (Å²) in [5, 5.41) is 23.2. The van der Waals surface area contributed by atoms with Crippen LogP contribution in [0.25, 0.3) is 11.0 Å². The van der Waals surface area contributed by atoms with Gasteiger partial charge in [-0.3, -0.25) is 24.1 Å². The van der Waals surface area contributed by atoms with Gasteiger partial charge in [-0.1, -0.05) is 25.8 Å². The second kappa shape index (κ2) is 19.1. The van der Waals surface area contributed by atoms with Crippen molar-refractivity contribution in [2.75, 3.05) is 63.2 Å². The molecule has 1 fully saturated rings. The molecule has 1 aliphatic rings. The molecule has 3 heterocycles. The summed E-state index contributed by atoms with van der Waals surface area (Å²) in [5.41, 5.74) is 15.2. The zero-order chi connectivity index (χ0) is 36.9. The molecule has 0 saturated carbocycles. The van der Waals surface area contributed by atoms with Gasteiger partial charge >= 0.3 is 11.9 Å². The van der Waals surface area contributed by atoms with E-state index in [1.807, 2.05) is 18.3 Å². The first-order valence-electron chi connectivity index (χ1n) is 17.1. The van der Waals surface area contributed by atoms with Gasteiger partial charge in [0.2, 0.25) is 17.8 Å². The Hall–Kier alpha value is -4.61. The lowest BCUT2D eigenvalue weighted by atomic mass is 10.1. The van der Waals surface area contributed by atoms with E-state index in [0.29, 0.717) is 45.1 Å². The maximum Gasteiger partial charge on any atom is 0.321 e. The molecular formula is C34H49N9O7S. The third kappa shape index (κ3) is 11.5. The summed E-state index contributed by atoms with van der Waals surface area (Å²) in [4.78, 5) is 60.6. The largest absolute Gasteiger partial charge is 0.496 e. The molecule has 0 radical (unpaired) electrons. The van der Waals surface area contributed by atoms with Crippen LogP contribution in [0.5, 0.6) is 5.75 Å². The summed E-state index contributed by atoms with van der Waals surface area (Å²) >= 11 is 0.801. The van der Waals surface area contributed by atoms with E-state index in [9.17, 15) is 24.3 Å². The number of aliphatic carboxylic acids is 2. The number of carbonyl (C=O) groups excluding carboxylic acids is 2. The standard InChI is InChI=1S/C34H49N9O7S/c1-3-4-5-10-38-31-30-25(39-34(36)40-31)9-12-43(30)20-23-17-22(6-7-26(23)50-2)19-41-13-15-42(16-14-41)29(45)8-11-37-28(44)18-27(33(48)49)51-21-24(35)32(46)47/h6-7,9,12,17,24,27H,3-5,8,10-11,13-16,18-21,35H2,1-2H3,(H,37,44)(H,46,47)(H,48,49)(H3,36,38,39,40)/t24-,27?/m0/s1. The minimum absolute atomic E-state index is 0.0742. The molecule has 2 aromatic heterocycles. The van der Waals surface area contributed by atoms with Crippen molar-refractivity contribution in [2.24, 2.45) is 5.73 Å². The van der Waals surface area contributed by atoms with E-state index in [4.69, 9.17) is 21.3 Å². The van der Waals surface area contributed by atoms with E-state index in [1.54, 1.807) is 12.0 Å². The van der Waals surface area contributed by atoms with Crippen molar-refractivity contribution in [1.82, 2.24) is 29.7 Å². The molecule has 0 aliphatic carbocycles. The molecule has 278 valence electrons. The fourth-order valence-corrected chi connectivity index (χ4v) is 6.82. The zero-order valence-corrected chi connectivity index (χ0v) is 30.0. The summed E-state index contributed by atoms with van der Waals surface area (Å²) in [6.07, 6.45) is 5.00. The Morgan fingerprint density at radius 3 is 2.47 bits per heavy atom. The van der Waals surface area contributed by atoms with Gasteiger partial charge in [-0.15, -0.1) is 11.8 Å². The lowest BCUT2D eigenvalue weighted by Gasteiger charge is -2.35. The van der Waals surface area contributed by atoms with Crippen LogP contribution >= 0.6 is 11.8 Å². The van der Waals surface area contributed by atoms with Crippen molar-refractivity contribution < 1.29 is 34.1 Å². The van der Waals surface area contributed by atoms with Crippen LogP contribution in [0.1, 0.15) is 50.2 Å². The molecule has 1 unspecified atom stereocenters. The summed E-state index contributed by atoms with van der Waals surface area (Å²) in [6.45, 7) is 6.74. The molecule has 51 heavy (non-hydrogen) atoms. The quantitative estimate of drug-likeness (QED) is 0.0912. The third-order valence-electron chi connectivity index (χ3n) is 8.62. The number of anilines is 2. The highest BCUT2D eigenvalue weighted by molar-refractivity contribution is 8.00. The second-order valence-electron chi connectivity index (χ2n) is 12.5. The van der Waals surface area contributed by atoms with Crippen molar-refractivity contribution in [1.29, 1.82) is 0 Å². The van der Waals surface area contributed by atoms with E-state index in [1.165, 1.54) is 0 Å². The molecule has 2 atom stereocenters. The van der Waals surface area contributed by atoms with Crippen LogP contribution in [0.2, 0.25) is 0 Å². The molecule has 3 aromatic rings. The number of nitrogens with zero attached hydrogens (tertiary/aromatic N) is 5. The van der Waals surface area contributed by atoms with Crippen LogP contribution in [0.3, 0.4) is 0 Å². The van der Waals surface area contributed by atoms with Crippen LogP contribution in [0.15, 0.2) is 30.5 Å². The lowest BCUT2D eigenvalue weighted by molar-refractivity contribution is -0.139. The molecule has 17 heteroatoms. The summed E-state index contributed by atoms with van der Waals surface area (Å²) in [5.74, 6) is -1.53. The lowest BCUT2D eigenvalue weighted by Crippen LogP contribution is -2.48. The van der Waals surface area contributed by atoms with Crippen molar-refractivity contribution in [3.05, 3.63) is 41.6 Å². The van der Waals surface area contributed by atoms with E-state index >= 15 is 0 Å².